The van der Waals surface area contributed by atoms with Crippen LogP contribution in [0, 0.1) is 11.8 Å². The van der Waals surface area contributed by atoms with Crippen LogP contribution in [0.2, 0.25) is 0 Å². The topological polar surface area (TPSA) is 100 Å². The van der Waals surface area contributed by atoms with Crippen molar-refractivity contribution in [3.05, 3.63) is 47.1 Å². The number of carbonyl (C=O) groups is 2. The number of esters is 1. The van der Waals surface area contributed by atoms with Crippen molar-refractivity contribution in [1.29, 1.82) is 0 Å². The molecule has 3 N–H and O–H groups in total. The van der Waals surface area contributed by atoms with Gasteiger partial charge in [-0.15, -0.1) is 0 Å². The van der Waals surface area contributed by atoms with E-state index in [1.54, 1.807) is 6.92 Å². The molecule has 0 bridgehead atoms. The van der Waals surface area contributed by atoms with E-state index >= 15 is 0 Å². The smallest absolute Gasteiger partial charge is 0.326 e. The number of nitrogens with one attached hydrogen (secondary N) is 2. The maximum Gasteiger partial charge on any atom is 0.326 e. The van der Waals surface area contributed by atoms with Gasteiger partial charge in [-0.3, -0.25) is 14.9 Å². The SMILES string of the molecule is C/C=C(\C=C(\C)C(=O)C(C)C)C1Nc2cc(CNC(C(=O)OC(C)CC)C(C)O)ccc2N1CC1CCOCC1. The molecule has 3 rings (SSSR count). The summed E-state index contributed by atoms with van der Waals surface area (Å²) < 4.78 is 11.1. The summed E-state index contributed by atoms with van der Waals surface area (Å²) in [6.45, 7) is 16.0. The number of nitrogens with zero attached hydrogens (tertiary/aromatic N) is 1. The van der Waals surface area contributed by atoms with E-state index in [9.17, 15) is 14.7 Å². The number of hydrogen-bond acceptors (Lipinski definition) is 8. The maximum absolute atomic E-state index is 12.7. The van der Waals surface area contributed by atoms with Gasteiger partial charge in [-0.2, -0.15) is 0 Å². The number of ketones is 1. The third-order valence-corrected chi connectivity index (χ3v) is 7.87. The zero-order chi connectivity index (χ0) is 29.4. The Bertz CT molecular complexity index is 1070. The molecule has 40 heavy (non-hydrogen) atoms. The van der Waals surface area contributed by atoms with Crippen LogP contribution in [0.5, 0.6) is 0 Å². The summed E-state index contributed by atoms with van der Waals surface area (Å²) in [6.07, 6.45) is 5.68. The van der Waals surface area contributed by atoms with E-state index in [1.807, 2.05) is 47.6 Å². The van der Waals surface area contributed by atoms with Crippen LogP contribution in [0.25, 0.3) is 0 Å². The molecule has 0 saturated carbocycles. The van der Waals surface area contributed by atoms with Crippen LogP contribution in [0.1, 0.15) is 73.3 Å². The van der Waals surface area contributed by atoms with Crippen molar-refractivity contribution >= 4 is 23.1 Å². The van der Waals surface area contributed by atoms with Gasteiger partial charge in [0.1, 0.15) is 12.2 Å². The van der Waals surface area contributed by atoms with Crippen molar-refractivity contribution in [1.82, 2.24) is 5.32 Å². The molecule has 2 heterocycles. The lowest BCUT2D eigenvalue weighted by molar-refractivity contribution is -0.153. The lowest BCUT2D eigenvalue weighted by atomic mass is 9.97. The van der Waals surface area contributed by atoms with Gasteiger partial charge in [0.2, 0.25) is 0 Å². The molecule has 4 atom stereocenters. The summed E-state index contributed by atoms with van der Waals surface area (Å²) >= 11 is 0. The van der Waals surface area contributed by atoms with Crippen molar-refractivity contribution in [2.24, 2.45) is 11.8 Å². The number of ether oxygens (including phenoxy) is 2. The number of fused-ring (bicyclic) bond motifs is 1. The third-order valence-electron chi connectivity index (χ3n) is 7.87. The third kappa shape index (κ3) is 8.18. The standard InChI is InChI=1S/C32H49N3O5/c1-8-22(6)40-32(38)29(23(7)36)33-18-25-10-11-28-27(17-25)34-31(35(28)19-24-12-14-39-15-13-24)26(9-2)16-21(5)30(37)20(3)4/h9-11,16-17,20,22-24,29,31,33-34,36H,8,12-15,18-19H2,1-7H3/b21-16-,26-9+. The molecule has 0 aromatic heterocycles. The first-order valence-corrected chi connectivity index (χ1v) is 14.8. The zero-order valence-electron chi connectivity index (χ0n) is 25.3. The highest BCUT2D eigenvalue weighted by Gasteiger charge is 2.33. The summed E-state index contributed by atoms with van der Waals surface area (Å²) in [4.78, 5) is 27.7. The van der Waals surface area contributed by atoms with Crippen molar-refractivity contribution < 1.29 is 24.2 Å². The van der Waals surface area contributed by atoms with Gasteiger partial charge < -0.3 is 24.8 Å². The molecule has 1 fully saturated rings. The second-order valence-electron chi connectivity index (χ2n) is 11.5. The summed E-state index contributed by atoms with van der Waals surface area (Å²) in [5.41, 5.74) is 4.92. The second kappa shape index (κ2) is 14.8. The van der Waals surface area contributed by atoms with Gasteiger partial charge in [-0.05, 0) is 87.8 Å². The van der Waals surface area contributed by atoms with E-state index < -0.39 is 18.1 Å². The Kier molecular flexibility index (Phi) is 11.8. The molecule has 0 amide bonds. The monoisotopic (exact) mass is 555 g/mol. The van der Waals surface area contributed by atoms with Gasteiger partial charge >= 0.3 is 5.97 Å². The lowest BCUT2D eigenvalue weighted by Gasteiger charge is -2.33. The Labute approximate surface area is 240 Å². The molecular weight excluding hydrogens is 506 g/mol. The quantitative estimate of drug-likeness (QED) is 0.178. The van der Waals surface area contributed by atoms with Gasteiger partial charge in [-0.25, -0.2) is 0 Å². The fourth-order valence-corrected chi connectivity index (χ4v) is 5.23. The van der Waals surface area contributed by atoms with Crippen LogP contribution in [0.15, 0.2) is 41.5 Å². The van der Waals surface area contributed by atoms with Gasteiger partial charge in [0.15, 0.2) is 5.78 Å². The number of Topliss-reactive ketones (excluding diaryl/α,β-unsaturated/α-hetero) is 1. The van der Waals surface area contributed by atoms with E-state index in [0.717, 1.165) is 67.1 Å². The number of anilines is 2. The van der Waals surface area contributed by atoms with Crippen molar-refractivity contribution in [3.8, 4) is 0 Å². The fraction of sp³-hybridized carbons (Fsp3) is 0.625. The van der Waals surface area contributed by atoms with Gasteiger partial charge in [0.25, 0.3) is 0 Å². The minimum absolute atomic E-state index is 0.0515. The van der Waals surface area contributed by atoms with E-state index in [4.69, 9.17) is 9.47 Å². The Morgan fingerprint density at radius 3 is 2.52 bits per heavy atom. The molecule has 4 unspecified atom stereocenters. The van der Waals surface area contributed by atoms with Gasteiger partial charge in [0, 0.05) is 32.2 Å². The molecule has 8 heteroatoms. The molecule has 2 aliphatic heterocycles. The number of rotatable bonds is 13. The number of carbonyl (C=O) groups excluding carboxylic acids is 2. The second-order valence-corrected chi connectivity index (χ2v) is 11.5. The van der Waals surface area contributed by atoms with Gasteiger partial charge in [0.05, 0.1) is 23.6 Å². The summed E-state index contributed by atoms with van der Waals surface area (Å²) in [5, 5.41) is 17.1. The highest BCUT2D eigenvalue weighted by molar-refractivity contribution is 5.96. The summed E-state index contributed by atoms with van der Waals surface area (Å²) in [7, 11) is 0. The fourth-order valence-electron chi connectivity index (χ4n) is 5.23. The Balaban J connectivity index is 1.84. The lowest BCUT2D eigenvalue weighted by Crippen LogP contribution is -2.46. The average molecular weight is 556 g/mol. The van der Waals surface area contributed by atoms with E-state index in [2.05, 4.69) is 39.8 Å². The van der Waals surface area contributed by atoms with Crippen LogP contribution in [-0.4, -0.2) is 61.0 Å². The summed E-state index contributed by atoms with van der Waals surface area (Å²) in [6, 6.07) is 5.47. The number of aliphatic hydroxyl groups is 1. The van der Waals surface area contributed by atoms with Crippen molar-refractivity contribution in [2.45, 2.75) is 98.7 Å². The minimum Gasteiger partial charge on any atom is -0.461 e. The first-order chi connectivity index (χ1) is 19.0. The zero-order valence-corrected chi connectivity index (χ0v) is 25.3. The molecule has 222 valence electrons. The van der Waals surface area contributed by atoms with Gasteiger partial charge in [-0.1, -0.05) is 32.9 Å². The van der Waals surface area contributed by atoms with Crippen LogP contribution in [0.3, 0.4) is 0 Å². The van der Waals surface area contributed by atoms with Crippen molar-refractivity contribution in [2.75, 3.05) is 30.0 Å². The van der Waals surface area contributed by atoms with E-state index in [-0.39, 0.29) is 24.0 Å². The molecule has 0 spiro atoms. The van der Waals surface area contributed by atoms with Crippen LogP contribution in [0.4, 0.5) is 11.4 Å². The molecule has 1 aromatic carbocycles. The Hall–Kier alpha value is -2.68. The highest BCUT2D eigenvalue weighted by atomic mass is 16.5. The average Bonchev–Trinajstić information content (AvgIpc) is 3.28. The molecule has 8 nitrogen and oxygen atoms in total. The largest absolute Gasteiger partial charge is 0.461 e. The molecular formula is C32H49N3O5. The number of aliphatic hydroxyl groups excluding tert-OH is 1. The first-order valence-electron chi connectivity index (χ1n) is 14.8. The first kappa shape index (κ1) is 31.8. The molecule has 1 saturated heterocycles. The van der Waals surface area contributed by atoms with E-state index in [0.29, 0.717) is 12.5 Å². The van der Waals surface area contributed by atoms with E-state index in [1.165, 1.54) is 0 Å². The number of hydrogen-bond donors (Lipinski definition) is 3. The predicted molar refractivity (Wildman–Crippen MR) is 160 cm³/mol. The predicted octanol–water partition coefficient (Wildman–Crippen LogP) is 4.97. The Morgan fingerprint density at radius 2 is 1.93 bits per heavy atom. The minimum atomic E-state index is -0.885. The van der Waals surface area contributed by atoms with Crippen LogP contribution < -0.4 is 15.5 Å². The maximum atomic E-state index is 12.7. The molecule has 1 aromatic rings. The normalized spacial score (nSPS) is 20.6. The number of benzene rings is 1. The van der Waals surface area contributed by atoms with Crippen LogP contribution >= 0.6 is 0 Å². The Morgan fingerprint density at radius 1 is 1.23 bits per heavy atom. The molecule has 2 aliphatic rings. The molecule has 0 radical (unpaired) electrons. The number of allylic oxidation sites excluding steroid dienone is 2. The molecule has 0 aliphatic carbocycles. The summed E-state index contributed by atoms with van der Waals surface area (Å²) in [5.74, 6) is 0.180. The highest BCUT2D eigenvalue weighted by Crippen LogP contribution is 2.39. The van der Waals surface area contributed by atoms with Crippen LogP contribution in [-0.2, 0) is 25.6 Å². The van der Waals surface area contributed by atoms with Crippen molar-refractivity contribution in [3.63, 3.8) is 0 Å².